The normalized spacial score (nSPS) is 9.44. The number of rotatable bonds is 3. The predicted molar refractivity (Wildman–Crippen MR) is 60.9 cm³/mol. The molecule has 0 radical (unpaired) electrons. The zero-order valence-electron chi connectivity index (χ0n) is 8.92. The Morgan fingerprint density at radius 2 is 1.94 bits per heavy atom. The summed E-state index contributed by atoms with van der Waals surface area (Å²) in [5, 5.41) is 4.48. The molecule has 16 heavy (non-hydrogen) atoms. The Bertz CT molecular complexity index is 424. The topological polar surface area (TPSA) is 52.8 Å². The lowest BCUT2D eigenvalue weighted by Gasteiger charge is -2.01. The van der Waals surface area contributed by atoms with Crippen molar-refractivity contribution in [3.05, 3.63) is 34.3 Å². The third kappa shape index (κ3) is 3.23. The number of carbonyl (C=O) groups excluding carboxylic acids is 2. The second kappa shape index (κ2) is 5.50. The number of hydrogen-bond acceptors (Lipinski definition) is 3. The molecule has 5 nitrogen and oxygen atoms in total. The van der Waals surface area contributed by atoms with Crippen LogP contribution in [0.15, 0.2) is 34.0 Å². The zero-order valence-corrected chi connectivity index (χ0v) is 10.5. The third-order valence-corrected chi connectivity index (χ3v) is 2.20. The Morgan fingerprint density at radius 3 is 2.38 bits per heavy atom. The Hall–Kier alpha value is -1.56. The maximum absolute atomic E-state index is 11.8. The molecule has 0 aliphatic heterocycles. The molecule has 0 aliphatic rings. The van der Waals surface area contributed by atoms with E-state index in [0.717, 1.165) is 9.48 Å². The van der Waals surface area contributed by atoms with Gasteiger partial charge in [0.05, 0.1) is 24.9 Å². The van der Waals surface area contributed by atoms with Crippen LogP contribution in [0.5, 0.6) is 0 Å². The highest BCUT2D eigenvalue weighted by Crippen LogP contribution is 2.12. The molecule has 0 unspecified atom stereocenters. The fourth-order valence-corrected chi connectivity index (χ4v) is 1.29. The number of nitrogens with zero attached hydrogens (tertiary/aromatic N) is 3. The first-order valence-corrected chi connectivity index (χ1v) is 5.27. The van der Waals surface area contributed by atoms with Gasteiger partial charge in [0.25, 0.3) is 0 Å². The van der Waals surface area contributed by atoms with E-state index < -0.39 is 5.91 Å². The maximum atomic E-state index is 11.8. The van der Waals surface area contributed by atoms with Gasteiger partial charge in [0.1, 0.15) is 0 Å². The van der Waals surface area contributed by atoms with Crippen LogP contribution in [0.4, 0.5) is 0 Å². The zero-order chi connectivity index (χ0) is 12.1. The number of amides is 2. The Labute approximate surface area is 101 Å². The van der Waals surface area contributed by atoms with Gasteiger partial charge in [-0.25, -0.2) is 9.59 Å². The van der Waals surface area contributed by atoms with E-state index in [1.807, 2.05) is 0 Å². The standard InChI is InChI=1S/C10H11BrN3O2/c1-13(2)12-14(7-15)10(16)8-3-5-9(11)6-4-8/h3-7H,1-2H3/q+1. The Kier molecular flexibility index (Phi) is 4.30. The summed E-state index contributed by atoms with van der Waals surface area (Å²) in [4.78, 5) is 22.5. The molecular weight excluding hydrogens is 274 g/mol. The van der Waals surface area contributed by atoms with E-state index in [-0.39, 0.29) is 0 Å². The van der Waals surface area contributed by atoms with Crippen LogP contribution < -0.4 is 0 Å². The highest BCUT2D eigenvalue weighted by atomic mass is 79.9. The Morgan fingerprint density at radius 1 is 1.38 bits per heavy atom. The number of carbonyl (C=O) groups is 2. The summed E-state index contributed by atoms with van der Waals surface area (Å²) >= 11 is 3.26. The van der Waals surface area contributed by atoms with Crippen LogP contribution in [0.2, 0.25) is 0 Å². The van der Waals surface area contributed by atoms with Gasteiger partial charge in [-0.15, -0.1) is 0 Å². The maximum Gasteiger partial charge on any atom is 0.368 e. The number of imide groups is 1. The molecule has 1 aromatic carbocycles. The van der Waals surface area contributed by atoms with Gasteiger partial charge in [-0.3, -0.25) is 0 Å². The minimum absolute atomic E-state index is 0.379. The molecule has 0 atom stereocenters. The lowest BCUT2D eigenvalue weighted by molar-refractivity contribution is -0.548. The van der Waals surface area contributed by atoms with Crippen LogP contribution in [0.1, 0.15) is 10.4 Å². The van der Waals surface area contributed by atoms with Crippen LogP contribution in [0, 0.1) is 0 Å². The number of benzene rings is 1. The summed E-state index contributed by atoms with van der Waals surface area (Å²) in [5.41, 5.74) is 0.404. The van der Waals surface area contributed by atoms with Crippen molar-refractivity contribution in [2.45, 2.75) is 0 Å². The summed E-state index contributed by atoms with van der Waals surface area (Å²) in [6.45, 7) is 0. The van der Waals surface area contributed by atoms with Gasteiger partial charge in [-0.05, 0) is 29.3 Å². The molecule has 2 amide bonds. The average Bonchev–Trinajstić information content (AvgIpc) is 2.25. The van der Waals surface area contributed by atoms with Crippen molar-refractivity contribution in [2.24, 2.45) is 5.22 Å². The van der Waals surface area contributed by atoms with Crippen molar-refractivity contribution in [1.29, 1.82) is 0 Å². The molecule has 1 rings (SSSR count). The quantitative estimate of drug-likeness (QED) is 0.367. The summed E-state index contributed by atoms with van der Waals surface area (Å²) in [5.74, 6) is -0.462. The van der Waals surface area contributed by atoms with Crippen molar-refractivity contribution in [2.75, 3.05) is 14.1 Å². The van der Waals surface area contributed by atoms with Gasteiger partial charge in [-0.2, -0.15) is 4.70 Å². The molecule has 0 fully saturated rings. The molecule has 0 saturated heterocycles. The minimum Gasteiger partial charge on any atom is -0.248 e. The first-order chi connectivity index (χ1) is 7.54. The van der Waals surface area contributed by atoms with Crippen molar-refractivity contribution in [3.63, 3.8) is 0 Å². The van der Waals surface area contributed by atoms with E-state index in [4.69, 9.17) is 0 Å². The van der Waals surface area contributed by atoms with Crippen molar-refractivity contribution >= 4 is 28.2 Å². The predicted octanol–water partition coefficient (Wildman–Crippen LogP) is 1.69. The lowest BCUT2D eigenvalue weighted by atomic mass is 10.2. The van der Waals surface area contributed by atoms with E-state index in [0.29, 0.717) is 12.0 Å². The van der Waals surface area contributed by atoms with E-state index in [9.17, 15) is 9.59 Å². The monoisotopic (exact) mass is 284 g/mol. The lowest BCUT2D eigenvalue weighted by Crippen LogP contribution is -2.25. The molecule has 0 N–H and O–H groups in total. The largest absolute Gasteiger partial charge is 0.368 e. The smallest absolute Gasteiger partial charge is 0.248 e. The fraction of sp³-hybridized carbons (Fsp3) is 0.200. The van der Waals surface area contributed by atoms with Crippen LogP contribution in [-0.2, 0) is 4.79 Å². The van der Waals surface area contributed by atoms with Crippen molar-refractivity contribution in [3.8, 4) is 0 Å². The highest BCUT2D eigenvalue weighted by molar-refractivity contribution is 9.10. The number of halogens is 1. The fourth-order valence-electron chi connectivity index (χ4n) is 1.03. The molecule has 0 saturated carbocycles. The molecule has 1 aromatic rings. The highest BCUT2D eigenvalue weighted by Gasteiger charge is 2.22. The molecule has 6 heteroatoms. The first kappa shape index (κ1) is 12.5. The van der Waals surface area contributed by atoms with Gasteiger partial charge < -0.3 is 0 Å². The van der Waals surface area contributed by atoms with Crippen LogP contribution in [0.3, 0.4) is 0 Å². The van der Waals surface area contributed by atoms with Crippen molar-refractivity contribution in [1.82, 2.24) is 5.01 Å². The third-order valence-electron chi connectivity index (χ3n) is 1.67. The first-order valence-electron chi connectivity index (χ1n) is 4.48. The average molecular weight is 285 g/mol. The summed E-state index contributed by atoms with van der Waals surface area (Å²) in [6.07, 6.45) is 0.379. The van der Waals surface area contributed by atoms with Gasteiger partial charge in [-0.1, -0.05) is 15.9 Å². The van der Waals surface area contributed by atoms with E-state index in [1.54, 1.807) is 38.4 Å². The van der Waals surface area contributed by atoms with Crippen molar-refractivity contribution < 1.29 is 14.3 Å². The van der Waals surface area contributed by atoms with Gasteiger partial charge in [0, 0.05) is 4.47 Å². The van der Waals surface area contributed by atoms with Crippen LogP contribution in [0.25, 0.3) is 0 Å². The SMILES string of the molecule is C[N+](C)=NN(C=O)C(=O)c1ccc(Br)cc1. The summed E-state index contributed by atoms with van der Waals surface area (Å²) in [7, 11) is 3.26. The summed E-state index contributed by atoms with van der Waals surface area (Å²) < 4.78 is 2.25. The second-order valence-corrected chi connectivity index (χ2v) is 4.11. The van der Waals surface area contributed by atoms with Gasteiger partial charge in [0.2, 0.25) is 0 Å². The molecule has 0 bridgehead atoms. The molecule has 0 aromatic heterocycles. The van der Waals surface area contributed by atoms with Crippen LogP contribution >= 0.6 is 15.9 Å². The molecular formula is C10H11BrN3O2+. The number of hydrogen-bond donors (Lipinski definition) is 0. The molecule has 84 valence electrons. The second-order valence-electron chi connectivity index (χ2n) is 3.20. The summed E-state index contributed by atoms with van der Waals surface area (Å²) in [6, 6.07) is 6.69. The van der Waals surface area contributed by atoms with Gasteiger partial charge >= 0.3 is 12.3 Å². The Balaban J connectivity index is 2.96. The molecule has 0 spiro atoms. The molecule has 0 heterocycles. The van der Waals surface area contributed by atoms with E-state index in [1.165, 1.54) is 4.70 Å². The molecule has 0 aliphatic carbocycles. The van der Waals surface area contributed by atoms with E-state index in [2.05, 4.69) is 21.2 Å². The van der Waals surface area contributed by atoms with Gasteiger partial charge in [0.15, 0.2) is 0 Å². The minimum atomic E-state index is -0.462. The van der Waals surface area contributed by atoms with Crippen LogP contribution in [-0.4, -0.2) is 36.1 Å². The van der Waals surface area contributed by atoms with E-state index >= 15 is 0 Å².